The first-order valence-electron chi connectivity index (χ1n) is 19.2. The van der Waals surface area contributed by atoms with Crippen molar-refractivity contribution in [3.05, 3.63) is 113 Å². The van der Waals surface area contributed by atoms with E-state index in [1.807, 2.05) is 7.05 Å². The minimum atomic E-state index is -1.90. The fourth-order valence-corrected chi connectivity index (χ4v) is 9.53. The van der Waals surface area contributed by atoms with Crippen molar-refractivity contribution in [3.63, 3.8) is 0 Å². The molecule has 3 aliphatic carbocycles. The largest absolute Gasteiger partial charge is 0.416 e. The molecule has 3 aliphatic rings. The molecule has 3 heterocycles. The summed E-state index contributed by atoms with van der Waals surface area (Å²) in [7, 11) is 0.0140. The highest BCUT2D eigenvalue weighted by Crippen LogP contribution is 2.55. The number of aromatic nitrogens is 6. The maximum absolute atomic E-state index is 6.86. The van der Waals surface area contributed by atoms with Crippen molar-refractivity contribution in [1.29, 1.82) is 0 Å². The lowest BCUT2D eigenvalue weighted by atomic mass is 9.54. The predicted octanol–water partition coefficient (Wildman–Crippen LogP) is 9.03. The Labute approximate surface area is 311 Å². The van der Waals surface area contributed by atoms with E-state index in [-0.39, 0.29) is 10.6 Å². The first-order chi connectivity index (χ1) is 24.8. The van der Waals surface area contributed by atoms with Gasteiger partial charge in [-0.1, -0.05) is 92.2 Å². The van der Waals surface area contributed by atoms with Crippen molar-refractivity contribution < 1.29 is 4.43 Å². The molecule has 274 valence electrons. The number of fused-ring (bicyclic) bond motifs is 4. The lowest BCUT2D eigenvalue weighted by Gasteiger charge is -2.58. The molecule has 8 nitrogen and oxygen atoms in total. The molecule has 3 aromatic heterocycles. The van der Waals surface area contributed by atoms with Crippen molar-refractivity contribution >= 4 is 25.1 Å². The molecule has 3 fully saturated rings. The van der Waals surface area contributed by atoms with Crippen LogP contribution in [0.25, 0.3) is 16.7 Å². The Hall–Kier alpha value is -3.92. The Morgan fingerprint density at radius 3 is 2.37 bits per heavy atom. The molecule has 9 heteroatoms. The van der Waals surface area contributed by atoms with Gasteiger partial charge in [0.25, 0.3) is 0 Å². The standard InChI is InChI=1S/C43H57N7OSi/c1-32-13-12-14-34(29-32)31-50-26-18-38(46-50)36(37-30-33(2)44-40-39(37)45-47-48(40)6)17-25-49(27-28-51-52(7,8)41(3,4)5)43-22-19-42(20-23-43,21-24-43)35-15-10-9-11-16-35/h9-18,26,29-30H,19-25,27-28,31H2,1-8H3/b36-17-. The van der Waals surface area contributed by atoms with Gasteiger partial charge in [0.2, 0.25) is 0 Å². The normalized spacial score (nSPS) is 21.1. The van der Waals surface area contributed by atoms with E-state index in [0.717, 1.165) is 53.4 Å². The molecule has 0 saturated heterocycles. The maximum atomic E-state index is 6.86. The Morgan fingerprint density at radius 2 is 1.67 bits per heavy atom. The molecule has 0 spiro atoms. The van der Waals surface area contributed by atoms with Crippen LogP contribution in [0.5, 0.6) is 0 Å². The smallest absolute Gasteiger partial charge is 0.192 e. The zero-order valence-electron chi connectivity index (χ0n) is 32.6. The fourth-order valence-electron chi connectivity index (χ4n) is 8.49. The highest BCUT2D eigenvalue weighted by Gasteiger charge is 2.51. The second kappa shape index (κ2) is 14.1. The average Bonchev–Trinajstić information content (AvgIpc) is 3.74. The van der Waals surface area contributed by atoms with Gasteiger partial charge in [-0.3, -0.25) is 9.58 Å². The van der Waals surface area contributed by atoms with Crippen molar-refractivity contribution in [1.82, 2.24) is 34.7 Å². The van der Waals surface area contributed by atoms with Crippen LogP contribution in [0.1, 0.15) is 92.9 Å². The summed E-state index contributed by atoms with van der Waals surface area (Å²) in [6.07, 6.45) is 11.8. The van der Waals surface area contributed by atoms with Gasteiger partial charge in [-0.25, -0.2) is 9.67 Å². The number of pyridine rings is 1. The lowest BCUT2D eigenvalue weighted by molar-refractivity contribution is -0.0246. The Bertz CT molecular complexity index is 2030. The monoisotopic (exact) mass is 715 g/mol. The molecule has 0 amide bonds. The van der Waals surface area contributed by atoms with Crippen LogP contribution in [0.15, 0.2) is 79.0 Å². The molecule has 8 rings (SSSR count). The van der Waals surface area contributed by atoms with Crippen LogP contribution in [-0.4, -0.2) is 68.2 Å². The van der Waals surface area contributed by atoms with Gasteiger partial charge in [0.15, 0.2) is 14.0 Å². The minimum absolute atomic E-state index is 0.148. The number of benzene rings is 2. The SMILES string of the molecule is Cc1cccc(Cn2ccc(/C(=C\CN(CCO[Si](C)(C)C(C)(C)C)C34CCC(c5ccccc5)(CC3)CC4)c3cc(C)nc4c3nnn4C)n2)c1. The van der Waals surface area contributed by atoms with E-state index < -0.39 is 8.32 Å². The van der Waals surface area contributed by atoms with Crippen molar-refractivity contribution in [3.8, 4) is 0 Å². The highest BCUT2D eigenvalue weighted by molar-refractivity contribution is 6.74. The lowest BCUT2D eigenvalue weighted by Crippen LogP contribution is -2.59. The number of nitrogens with zero attached hydrogens (tertiary/aromatic N) is 7. The van der Waals surface area contributed by atoms with Crippen LogP contribution >= 0.6 is 0 Å². The summed E-state index contributed by atoms with van der Waals surface area (Å²) in [4.78, 5) is 7.59. The molecule has 3 saturated carbocycles. The molecule has 0 atom stereocenters. The van der Waals surface area contributed by atoms with E-state index in [1.54, 1.807) is 4.68 Å². The molecule has 0 unspecified atom stereocenters. The van der Waals surface area contributed by atoms with Gasteiger partial charge in [0, 0.05) is 55.3 Å². The first kappa shape index (κ1) is 36.4. The molecule has 2 bridgehead atoms. The molecule has 2 aromatic carbocycles. The maximum Gasteiger partial charge on any atom is 0.192 e. The number of rotatable bonds is 12. The molecular weight excluding hydrogens is 659 g/mol. The van der Waals surface area contributed by atoms with E-state index in [2.05, 4.69) is 147 Å². The number of aryl methyl sites for hydroxylation is 3. The van der Waals surface area contributed by atoms with Crippen LogP contribution in [0.2, 0.25) is 18.1 Å². The van der Waals surface area contributed by atoms with Crippen LogP contribution in [0.3, 0.4) is 0 Å². The summed E-state index contributed by atoms with van der Waals surface area (Å²) in [5.74, 6) is 0. The highest BCUT2D eigenvalue weighted by atomic mass is 28.4. The second-order valence-corrected chi connectivity index (χ2v) is 21.9. The van der Waals surface area contributed by atoms with E-state index in [4.69, 9.17) is 14.5 Å². The minimum Gasteiger partial charge on any atom is -0.416 e. The third-order valence-corrected chi connectivity index (χ3v) is 17.3. The van der Waals surface area contributed by atoms with Crippen molar-refractivity contribution in [2.45, 2.75) is 109 Å². The number of hydrogen-bond acceptors (Lipinski definition) is 6. The molecule has 0 N–H and O–H groups in total. The van der Waals surface area contributed by atoms with Gasteiger partial charge in [0.05, 0.1) is 12.2 Å². The van der Waals surface area contributed by atoms with E-state index in [0.29, 0.717) is 12.0 Å². The van der Waals surface area contributed by atoms with Crippen molar-refractivity contribution in [2.24, 2.45) is 7.05 Å². The Balaban J connectivity index is 1.24. The van der Waals surface area contributed by atoms with Crippen LogP contribution < -0.4 is 0 Å². The van der Waals surface area contributed by atoms with Gasteiger partial charge in [-0.15, -0.1) is 5.10 Å². The Morgan fingerprint density at radius 1 is 0.942 bits per heavy atom. The summed E-state index contributed by atoms with van der Waals surface area (Å²) in [6, 6.07) is 24.3. The zero-order valence-corrected chi connectivity index (χ0v) is 33.6. The predicted molar refractivity (Wildman–Crippen MR) is 214 cm³/mol. The third kappa shape index (κ3) is 7.19. The van der Waals surface area contributed by atoms with Gasteiger partial charge < -0.3 is 4.43 Å². The summed E-state index contributed by atoms with van der Waals surface area (Å²) >= 11 is 0. The summed E-state index contributed by atoms with van der Waals surface area (Å²) in [5, 5.41) is 14.4. The van der Waals surface area contributed by atoms with E-state index in [1.165, 1.54) is 55.2 Å². The quantitative estimate of drug-likeness (QED) is 0.120. The van der Waals surface area contributed by atoms with Gasteiger partial charge in [-0.05, 0) is 99.2 Å². The van der Waals surface area contributed by atoms with Crippen LogP contribution in [0, 0.1) is 13.8 Å². The zero-order chi connectivity index (χ0) is 36.7. The van der Waals surface area contributed by atoms with Gasteiger partial charge >= 0.3 is 0 Å². The van der Waals surface area contributed by atoms with E-state index >= 15 is 0 Å². The molecule has 52 heavy (non-hydrogen) atoms. The van der Waals surface area contributed by atoms with Gasteiger partial charge in [-0.2, -0.15) is 5.10 Å². The molecule has 0 aliphatic heterocycles. The van der Waals surface area contributed by atoms with E-state index in [9.17, 15) is 0 Å². The molecule has 0 radical (unpaired) electrons. The fraction of sp³-hybridized carbons (Fsp3) is 0.488. The number of hydrogen-bond donors (Lipinski definition) is 0. The van der Waals surface area contributed by atoms with Crippen LogP contribution in [0.4, 0.5) is 0 Å². The molecule has 5 aromatic rings. The Kier molecular flexibility index (Phi) is 9.91. The van der Waals surface area contributed by atoms with Crippen molar-refractivity contribution in [2.75, 3.05) is 19.7 Å². The summed E-state index contributed by atoms with van der Waals surface area (Å²) < 4.78 is 10.7. The second-order valence-electron chi connectivity index (χ2n) is 17.1. The topological polar surface area (TPSA) is 73.9 Å². The average molecular weight is 716 g/mol. The first-order valence-corrected chi connectivity index (χ1v) is 22.1. The third-order valence-electron chi connectivity index (χ3n) is 12.7. The molecular formula is C43H57N7OSi. The van der Waals surface area contributed by atoms with Gasteiger partial charge in [0.1, 0.15) is 5.52 Å². The van der Waals surface area contributed by atoms with Crippen LogP contribution in [-0.2, 0) is 23.4 Å². The summed E-state index contributed by atoms with van der Waals surface area (Å²) in [6.45, 7) is 19.1. The summed E-state index contributed by atoms with van der Waals surface area (Å²) in [5.41, 5.74) is 10.1.